The average Bonchev–Trinajstić information content (AvgIpc) is 2.72. The van der Waals surface area contributed by atoms with Crippen LogP contribution >= 0.6 is 0 Å². The minimum absolute atomic E-state index is 0.149. The number of benzene rings is 1. The number of anilines is 2. The molecule has 0 radical (unpaired) electrons. The SMILES string of the molecule is CCCCNc1ccc(S(=O)(=O)N(CC)CC)cc1NCC(=O)NC(=O)NCCC. The quantitative estimate of drug-likeness (QED) is 0.349. The van der Waals surface area contributed by atoms with Gasteiger partial charge in [-0.2, -0.15) is 4.31 Å². The fourth-order valence-corrected chi connectivity index (χ4v) is 4.21. The monoisotopic (exact) mass is 441 g/mol. The summed E-state index contributed by atoms with van der Waals surface area (Å²) >= 11 is 0. The van der Waals surface area contributed by atoms with Crippen LogP contribution in [0.4, 0.5) is 16.2 Å². The Labute approximate surface area is 180 Å². The highest BCUT2D eigenvalue weighted by atomic mass is 32.2. The Bertz CT molecular complexity index is 794. The third-order valence-electron chi connectivity index (χ3n) is 4.41. The standard InChI is InChI=1S/C20H35N5O4S/c1-5-9-13-21-17-11-10-16(30(28,29)25(7-3)8-4)14-18(17)23-15-19(26)24-20(27)22-12-6-2/h10-11,14,21,23H,5-9,12-13,15H2,1-4H3,(H2,22,24,26,27). The Balaban J connectivity index is 3.01. The zero-order valence-corrected chi connectivity index (χ0v) is 19.2. The van der Waals surface area contributed by atoms with Crippen molar-refractivity contribution in [3.05, 3.63) is 18.2 Å². The highest BCUT2D eigenvalue weighted by Crippen LogP contribution is 2.27. The van der Waals surface area contributed by atoms with E-state index in [0.717, 1.165) is 25.8 Å². The second-order valence-electron chi connectivity index (χ2n) is 6.73. The minimum atomic E-state index is -3.63. The number of urea groups is 1. The van der Waals surface area contributed by atoms with Crippen molar-refractivity contribution in [1.82, 2.24) is 14.9 Å². The fourth-order valence-electron chi connectivity index (χ4n) is 2.73. The number of nitrogens with zero attached hydrogens (tertiary/aromatic N) is 1. The predicted octanol–water partition coefficient (Wildman–Crippen LogP) is 2.58. The lowest BCUT2D eigenvalue weighted by molar-refractivity contribution is -0.118. The van der Waals surface area contributed by atoms with E-state index in [1.807, 2.05) is 6.92 Å². The first-order valence-electron chi connectivity index (χ1n) is 10.5. The van der Waals surface area contributed by atoms with E-state index in [1.54, 1.807) is 26.0 Å². The molecule has 0 aliphatic heterocycles. The van der Waals surface area contributed by atoms with Crippen LogP contribution in [-0.4, -0.2) is 57.4 Å². The molecule has 170 valence electrons. The van der Waals surface area contributed by atoms with Gasteiger partial charge in [-0.25, -0.2) is 13.2 Å². The molecule has 0 bridgehead atoms. The normalized spacial score (nSPS) is 11.2. The van der Waals surface area contributed by atoms with Gasteiger partial charge in [0.15, 0.2) is 0 Å². The van der Waals surface area contributed by atoms with Gasteiger partial charge in [-0.1, -0.05) is 34.1 Å². The van der Waals surface area contributed by atoms with Crippen LogP contribution in [-0.2, 0) is 14.8 Å². The van der Waals surface area contributed by atoms with Crippen molar-refractivity contribution in [2.45, 2.75) is 51.9 Å². The lowest BCUT2D eigenvalue weighted by atomic mass is 10.2. The van der Waals surface area contributed by atoms with E-state index in [2.05, 4.69) is 28.2 Å². The maximum atomic E-state index is 12.8. The van der Waals surface area contributed by atoms with E-state index >= 15 is 0 Å². The van der Waals surface area contributed by atoms with E-state index in [4.69, 9.17) is 0 Å². The van der Waals surface area contributed by atoms with E-state index < -0.39 is 22.0 Å². The van der Waals surface area contributed by atoms with Crippen LogP contribution in [0.5, 0.6) is 0 Å². The zero-order chi connectivity index (χ0) is 22.6. The molecule has 4 N–H and O–H groups in total. The summed E-state index contributed by atoms with van der Waals surface area (Å²) in [6.45, 7) is 9.33. The van der Waals surface area contributed by atoms with Gasteiger partial charge < -0.3 is 16.0 Å². The molecule has 0 unspecified atom stereocenters. The highest BCUT2D eigenvalue weighted by molar-refractivity contribution is 7.89. The van der Waals surface area contributed by atoms with Crippen LogP contribution in [0.1, 0.15) is 47.0 Å². The Hall–Kier alpha value is -2.33. The molecular formula is C20H35N5O4S. The van der Waals surface area contributed by atoms with Crippen molar-refractivity contribution in [2.75, 3.05) is 43.4 Å². The largest absolute Gasteiger partial charge is 0.383 e. The molecule has 10 heteroatoms. The van der Waals surface area contributed by atoms with Crippen LogP contribution in [0.25, 0.3) is 0 Å². The summed E-state index contributed by atoms with van der Waals surface area (Å²) in [5, 5.41) is 11.0. The summed E-state index contributed by atoms with van der Waals surface area (Å²) in [5.41, 5.74) is 1.19. The average molecular weight is 442 g/mol. The van der Waals surface area contributed by atoms with Crippen LogP contribution < -0.4 is 21.3 Å². The van der Waals surface area contributed by atoms with Crippen LogP contribution in [0.15, 0.2) is 23.1 Å². The summed E-state index contributed by atoms with van der Waals surface area (Å²) in [6, 6.07) is 4.22. The summed E-state index contributed by atoms with van der Waals surface area (Å²) in [7, 11) is -3.63. The lowest BCUT2D eigenvalue weighted by Gasteiger charge is -2.20. The number of hydrogen-bond acceptors (Lipinski definition) is 6. The van der Waals surface area contributed by atoms with Gasteiger partial charge in [-0.05, 0) is 31.0 Å². The maximum absolute atomic E-state index is 12.8. The molecule has 1 aromatic carbocycles. The Morgan fingerprint density at radius 3 is 2.23 bits per heavy atom. The maximum Gasteiger partial charge on any atom is 0.321 e. The molecule has 1 aromatic rings. The number of hydrogen-bond donors (Lipinski definition) is 4. The van der Waals surface area contributed by atoms with E-state index in [0.29, 0.717) is 31.0 Å². The Kier molecular flexibility index (Phi) is 11.2. The third-order valence-corrected chi connectivity index (χ3v) is 6.45. The molecule has 30 heavy (non-hydrogen) atoms. The fraction of sp³-hybridized carbons (Fsp3) is 0.600. The number of unbranched alkanes of at least 4 members (excludes halogenated alkanes) is 1. The smallest absolute Gasteiger partial charge is 0.321 e. The second kappa shape index (κ2) is 13.1. The van der Waals surface area contributed by atoms with Gasteiger partial charge in [0.2, 0.25) is 15.9 Å². The second-order valence-corrected chi connectivity index (χ2v) is 8.67. The van der Waals surface area contributed by atoms with Crippen molar-refractivity contribution in [3.8, 4) is 0 Å². The number of sulfonamides is 1. The number of carbonyl (C=O) groups is 2. The van der Waals surface area contributed by atoms with Crippen molar-refractivity contribution in [1.29, 1.82) is 0 Å². The van der Waals surface area contributed by atoms with E-state index in [-0.39, 0.29) is 11.4 Å². The molecule has 0 atom stereocenters. The molecule has 3 amide bonds. The number of carbonyl (C=O) groups excluding carboxylic acids is 2. The molecular weight excluding hydrogens is 406 g/mol. The first-order chi connectivity index (χ1) is 14.3. The van der Waals surface area contributed by atoms with Gasteiger partial charge in [0.25, 0.3) is 0 Å². The molecule has 0 aliphatic carbocycles. The number of rotatable bonds is 13. The van der Waals surface area contributed by atoms with Crippen molar-refractivity contribution < 1.29 is 18.0 Å². The highest BCUT2D eigenvalue weighted by Gasteiger charge is 2.22. The Morgan fingerprint density at radius 1 is 0.933 bits per heavy atom. The molecule has 0 fully saturated rings. The molecule has 0 aliphatic rings. The first-order valence-corrected chi connectivity index (χ1v) is 11.9. The summed E-state index contributed by atoms with van der Waals surface area (Å²) in [4.78, 5) is 23.8. The minimum Gasteiger partial charge on any atom is -0.383 e. The predicted molar refractivity (Wildman–Crippen MR) is 120 cm³/mol. The van der Waals surface area contributed by atoms with Crippen LogP contribution in [0.3, 0.4) is 0 Å². The van der Waals surface area contributed by atoms with Crippen LogP contribution in [0, 0.1) is 0 Å². The summed E-state index contributed by atoms with van der Waals surface area (Å²) < 4.78 is 27.1. The third kappa shape index (κ3) is 7.83. The summed E-state index contributed by atoms with van der Waals surface area (Å²) in [6.07, 6.45) is 2.73. The molecule has 1 rings (SSSR count). The molecule has 9 nitrogen and oxygen atoms in total. The van der Waals surface area contributed by atoms with Gasteiger partial charge in [-0.3, -0.25) is 10.1 Å². The summed E-state index contributed by atoms with van der Waals surface area (Å²) in [5.74, 6) is -0.514. The molecule has 0 spiro atoms. The number of amides is 3. The zero-order valence-electron chi connectivity index (χ0n) is 18.4. The Morgan fingerprint density at radius 2 is 1.63 bits per heavy atom. The van der Waals surface area contributed by atoms with E-state index in [1.165, 1.54) is 10.4 Å². The van der Waals surface area contributed by atoms with Gasteiger partial charge in [0.1, 0.15) is 0 Å². The lowest BCUT2D eigenvalue weighted by Crippen LogP contribution is -2.42. The van der Waals surface area contributed by atoms with E-state index in [9.17, 15) is 18.0 Å². The first kappa shape index (κ1) is 25.7. The molecule has 0 saturated carbocycles. The molecule has 0 saturated heterocycles. The van der Waals surface area contributed by atoms with Crippen molar-refractivity contribution in [3.63, 3.8) is 0 Å². The van der Waals surface area contributed by atoms with Gasteiger partial charge in [0.05, 0.1) is 22.8 Å². The van der Waals surface area contributed by atoms with Gasteiger partial charge in [0, 0.05) is 26.2 Å². The molecule has 0 aromatic heterocycles. The van der Waals surface area contributed by atoms with Gasteiger partial charge >= 0.3 is 6.03 Å². The molecule has 0 heterocycles. The van der Waals surface area contributed by atoms with Gasteiger partial charge in [-0.15, -0.1) is 0 Å². The van der Waals surface area contributed by atoms with Crippen molar-refractivity contribution >= 4 is 33.3 Å². The topological polar surface area (TPSA) is 120 Å². The number of imide groups is 1. The number of nitrogens with one attached hydrogen (secondary N) is 4. The van der Waals surface area contributed by atoms with Crippen molar-refractivity contribution in [2.24, 2.45) is 0 Å². The van der Waals surface area contributed by atoms with Crippen LogP contribution in [0.2, 0.25) is 0 Å².